The van der Waals surface area contributed by atoms with Gasteiger partial charge in [-0.05, 0) is 47.8 Å². The van der Waals surface area contributed by atoms with Crippen molar-refractivity contribution in [3.8, 4) is 0 Å². The van der Waals surface area contributed by atoms with E-state index in [4.69, 9.17) is 12.2 Å². The summed E-state index contributed by atoms with van der Waals surface area (Å²) in [7, 11) is -3.77. The molecule has 0 saturated carbocycles. The highest BCUT2D eigenvalue weighted by Gasteiger charge is 2.19. The summed E-state index contributed by atoms with van der Waals surface area (Å²) in [5.74, 6) is -0.522. The average Bonchev–Trinajstić information content (AvgIpc) is 3.29. The maximum Gasteiger partial charge on any atom is 0.271 e. The standard InChI is InChI=1S/C20H20N4O3S3/c25-19(22-23-20(28)21-13-12-15-7-2-1-3-8-15)16-9-4-5-10-17(16)24-30(26,27)18-11-6-14-29-18/h1-11,14,24H,12-13H2,(H,22,25)(H2,21,23,28). The van der Waals surface area contributed by atoms with Gasteiger partial charge in [0, 0.05) is 6.54 Å². The highest BCUT2D eigenvalue weighted by molar-refractivity contribution is 7.94. The lowest BCUT2D eigenvalue weighted by molar-refractivity contribution is 0.0944. The van der Waals surface area contributed by atoms with E-state index in [1.54, 1.807) is 23.6 Å². The number of rotatable bonds is 7. The predicted molar refractivity (Wildman–Crippen MR) is 123 cm³/mol. The lowest BCUT2D eigenvalue weighted by Gasteiger charge is -2.14. The highest BCUT2D eigenvalue weighted by Crippen LogP contribution is 2.22. The Kier molecular flexibility index (Phi) is 7.39. The minimum Gasteiger partial charge on any atom is -0.361 e. The molecule has 2 aromatic carbocycles. The molecule has 3 aromatic rings. The fourth-order valence-electron chi connectivity index (χ4n) is 2.57. The van der Waals surface area contributed by atoms with Gasteiger partial charge in [0.25, 0.3) is 15.9 Å². The van der Waals surface area contributed by atoms with Crippen molar-refractivity contribution in [2.45, 2.75) is 10.6 Å². The Labute approximate surface area is 184 Å². The summed E-state index contributed by atoms with van der Waals surface area (Å²) in [5.41, 5.74) is 6.62. The lowest BCUT2D eigenvalue weighted by atomic mass is 10.1. The van der Waals surface area contributed by atoms with E-state index in [-0.39, 0.29) is 20.6 Å². The Morgan fingerprint density at radius 3 is 2.40 bits per heavy atom. The Morgan fingerprint density at radius 1 is 0.933 bits per heavy atom. The van der Waals surface area contributed by atoms with Gasteiger partial charge in [-0.25, -0.2) is 8.42 Å². The number of carbonyl (C=O) groups excluding carboxylic acids is 1. The lowest BCUT2D eigenvalue weighted by Crippen LogP contribution is -2.47. The van der Waals surface area contributed by atoms with E-state index in [0.29, 0.717) is 6.54 Å². The summed E-state index contributed by atoms with van der Waals surface area (Å²) >= 11 is 6.26. The van der Waals surface area contributed by atoms with Crippen LogP contribution in [0.25, 0.3) is 0 Å². The van der Waals surface area contributed by atoms with Gasteiger partial charge in [0.2, 0.25) is 0 Å². The summed E-state index contributed by atoms with van der Waals surface area (Å²) in [6.07, 6.45) is 0.782. The zero-order chi connectivity index (χ0) is 21.4. The van der Waals surface area contributed by atoms with Crippen molar-refractivity contribution in [3.63, 3.8) is 0 Å². The normalized spacial score (nSPS) is 10.8. The van der Waals surface area contributed by atoms with Gasteiger partial charge >= 0.3 is 0 Å². The number of amides is 1. The number of hydrogen-bond acceptors (Lipinski definition) is 5. The maximum atomic E-state index is 12.5. The third-order valence-corrected chi connectivity index (χ3v) is 7.02. The van der Waals surface area contributed by atoms with Crippen LogP contribution in [-0.4, -0.2) is 26.0 Å². The van der Waals surface area contributed by atoms with Crippen LogP contribution in [0.2, 0.25) is 0 Å². The third-order valence-electron chi connectivity index (χ3n) is 4.01. The summed E-state index contributed by atoms with van der Waals surface area (Å²) in [6.45, 7) is 0.600. The molecule has 0 atom stereocenters. The minimum absolute atomic E-state index is 0.164. The number of nitrogens with one attached hydrogen (secondary N) is 4. The molecule has 0 unspecified atom stereocenters. The Hall–Kier alpha value is -2.95. The van der Waals surface area contributed by atoms with Crippen molar-refractivity contribution in [1.29, 1.82) is 0 Å². The number of anilines is 1. The smallest absolute Gasteiger partial charge is 0.271 e. The Balaban J connectivity index is 1.55. The molecule has 30 heavy (non-hydrogen) atoms. The molecule has 0 aliphatic rings. The van der Waals surface area contributed by atoms with Gasteiger partial charge < -0.3 is 5.32 Å². The molecule has 10 heteroatoms. The van der Waals surface area contributed by atoms with Gasteiger partial charge in [-0.15, -0.1) is 11.3 Å². The molecule has 4 N–H and O–H groups in total. The fraction of sp³-hybridized carbons (Fsp3) is 0.100. The number of hydrazine groups is 1. The van der Waals surface area contributed by atoms with E-state index in [1.165, 1.54) is 23.8 Å². The first kappa shape index (κ1) is 21.8. The van der Waals surface area contributed by atoms with Crippen LogP contribution in [0.3, 0.4) is 0 Å². The second-order valence-electron chi connectivity index (χ2n) is 6.15. The zero-order valence-corrected chi connectivity index (χ0v) is 18.2. The molecule has 1 amide bonds. The Bertz CT molecular complexity index is 1100. The monoisotopic (exact) mass is 460 g/mol. The van der Waals surface area contributed by atoms with E-state index in [0.717, 1.165) is 17.8 Å². The van der Waals surface area contributed by atoms with Crippen molar-refractivity contribution >= 4 is 50.3 Å². The molecule has 1 heterocycles. The van der Waals surface area contributed by atoms with E-state index >= 15 is 0 Å². The van der Waals surface area contributed by atoms with Crippen LogP contribution in [0, 0.1) is 0 Å². The van der Waals surface area contributed by atoms with E-state index in [2.05, 4.69) is 20.9 Å². The third kappa shape index (κ3) is 6.02. The molecule has 0 fully saturated rings. The van der Waals surface area contributed by atoms with Crippen LogP contribution in [0.4, 0.5) is 5.69 Å². The first-order valence-corrected chi connectivity index (χ1v) is 11.8. The number of benzene rings is 2. The molecule has 156 valence electrons. The van der Waals surface area contributed by atoms with E-state index < -0.39 is 15.9 Å². The van der Waals surface area contributed by atoms with Crippen LogP contribution in [0.15, 0.2) is 76.3 Å². The molecule has 0 aliphatic heterocycles. The largest absolute Gasteiger partial charge is 0.361 e. The topological polar surface area (TPSA) is 99.3 Å². The first-order valence-electron chi connectivity index (χ1n) is 8.99. The van der Waals surface area contributed by atoms with Gasteiger partial charge in [-0.1, -0.05) is 48.5 Å². The van der Waals surface area contributed by atoms with Gasteiger partial charge in [0.15, 0.2) is 5.11 Å². The van der Waals surface area contributed by atoms with Crippen molar-refractivity contribution < 1.29 is 13.2 Å². The van der Waals surface area contributed by atoms with Crippen LogP contribution in [0.1, 0.15) is 15.9 Å². The van der Waals surface area contributed by atoms with Crippen LogP contribution >= 0.6 is 23.6 Å². The Morgan fingerprint density at radius 2 is 1.67 bits per heavy atom. The SMILES string of the molecule is O=C(NNC(=S)NCCc1ccccc1)c1ccccc1NS(=O)(=O)c1cccs1. The quantitative estimate of drug-likeness (QED) is 0.320. The maximum absolute atomic E-state index is 12.5. The van der Waals surface area contributed by atoms with Crippen molar-refractivity contribution in [2.24, 2.45) is 0 Å². The summed E-state index contributed by atoms with van der Waals surface area (Å²) in [5, 5.41) is 4.93. The summed E-state index contributed by atoms with van der Waals surface area (Å²) in [6, 6.07) is 19.4. The molecule has 7 nitrogen and oxygen atoms in total. The molecule has 0 bridgehead atoms. The molecular formula is C20H20N4O3S3. The second kappa shape index (κ2) is 10.2. The molecule has 1 aromatic heterocycles. The average molecular weight is 461 g/mol. The highest BCUT2D eigenvalue weighted by atomic mass is 32.2. The number of hydrogen-bond donors (Lipinski definition) is 4. The van der Waals surface area contributed by atoms with Gasteiger partial charge in [0.05, 0.1) is 11.3 Å². The van der Waals surface area contributed by atoms with Gasteiger partial charge in [0.1, 0.15) is 4.21 Å². The second-order valence-corrected chi connectivity index (χ2v) is 9.42. The van der Waals surface area contributed by atoms with Crippen LogP contribution in [-0.2, 0) is 16.4 Å². The van der Waals surface area contributed by atoms with Crippen LogP contribution < -0.4 is 20.9 Å². The minimum atomic E-state index is -3.77. The molecule has 3 rings (SSSR count). The molecular weight excluding hydrogens is 440 g/mol. The number of carbonyl (C=O) groups is 1. The van der Waals surface area contributed by atoms with Crippen molar-refractivity contribution in [1.82, 2.24) is 16.2 Å². The molecule has 0 aliphatic carbocycles. The van der Waals surface area contributed by atoms with E-state index in [1.807, 2.05) is 30.3 Å². The molecule has 0 radical (unpaired) electrons. The number of sulfonamides is 1. The number of thiophene rings is 1. The van der Waals surface area contributed by atoms with Crippen LogP contribution in [0.5, 0.6) is 0 Å². The van der Waals surface area contributed by atoms with Crippen molar-refractivity contribution in [3.05, 3.63) is 83.2 Å². The van der Waals surface area contributed by atoms with Gasteiger partial charge in [-0.2, -0.15) is 0 Å². The summed E-state index contributed by atoms with van der Waals surface area (Å²) < 4.78 is 27.5. The zero-order valence-electron chi connectivity index (χ0n) is 15.8. The predicted octanol–water partition coefficient (Wildman–Crippen LogP) is 2.90. The van der Waals surface area contributed by atoms with Crippen molar-refractivity contribution in [2.75, 3.05) is 11.3 Å². The summed E-state index contributed by atoms with van der Waals surface area (Å²) in [4.78, 5) is 12.5. The number of thiocarbonyl (C=S) groups is 1. The fourth-order valence-corrected chi connectivity index (χ4v) is 4.80. The number of para-hydroxylation sites is 1. The van der Waals surface area contributed by atoms with Gasteiger partial charge in [-0.3, -0.25) is 20.4 Å². The molecule has 0 spiro atoms. The first-order chi connectivity index (χ1) is 14.5. The van der Waals surface area contributed by atoms with E-state index in [9.17, 15) is 13.2 Å². The molecule has 0 saturated heterocycles.